The van der Waals surface area contributed by atoms with Crippen molar-refractivity contribution >= 4 is 23.4 Å². The van der Waals surface area contributed by atoms with Crippen molar-refractivity contribution in [2.45, 2.75) is 0 Å². The summed E-state index contributed by atoms with van der Waals surface area (Å²) in [7, 11) is 0. The molecule has 2 aromatic rings. The Morgan fingerprint density at radius 3 is 2.67 bits per heavy atom. The number of carboxylic acids is 1. The van der Waals surface area contributed by atoms with Gasteiger partial charge in [0.25, 0.3) is 0 Å². The summed E-state index contributed by atoms with van der Waals surface area (Å²) in [6.45, 7) is 0. The number of nitrogens with zero attached hydrogens (tertiary/aromatic N) is 1. The summed E-state index contributed by atoms with van der Waals surface area (Å²) in [5, 5.41) is 9.22. The molecule has 0 atom stereocenters. The van der Waals surface area contributed by atoms with Crippen LogP contribution in [0.5, 0.6) is 0 Å². The molecular weight excluding hydrogens is 259 g/mol. The Morgan fingerprint density at radius 1 is 1.33 bits per heavy atom. The second-order valence-electron chi connectivity index (χ2n) is 3.60. The van der Waals surface area contributed by atoms with Gasteiger partial charge in [-0.1, -0.05) is 11.6 Å². The first-order valence-electron chi connectivity index (χ1n) is 4.93. The number of nitrogens with two attached hydrogens (primary N) is 1. The monoisotopic (exact) mass is 266 g/mol. The molecule has 3 N–H and O–H groups in total. The summed E-state index contributed by atoms with van der Waals surface area (Å²) in [4.78, 5) is 14.8. The number of hydrogen-bond donors (Lipinski definition) is 2. The summed E-state index contributed by atoms with van der Waals surface area (Å²) in [6.07, 6.45) is 0. The third kappa shape index (κ3) is 2.41. The fourth-order valence-electron chi connectivity index (χ4n) is 1.58. The predicted molar refractivity (Wildman–Crippen MR) is 66.0 cm³/mol. The maximum absolute atomic E-state index is 13.2. The molecule has 0 spiro atoms. The Hall–Kier alpha value is -2.14. The molecule has 0 radical (unpaired) electrons. The Balaban J connectivity index is 2.66. The molecule has 0 saturated carbocycles. The van der Waals surface area contributed by atoms with Crippen molar-refractivity contribution in [3.05, 3.63) is 46.9 Å². The number of anilines is 1. The van der Waals surface area contributed by atoms with Crippen molar-refractivity contribution in [3.8, 4) is 11.1 Å². The van der Waals surface area contributed by atoms with Crippen molar-refractivity contribution in [2.24, 2.45) is 0 Å². The van der Waals surface area contributed by atoms with Crippen LogP contribution in [0.2, 0.25) is 5.02 Å². The highest BCUT2D eigenvalue weighted by molar-refractivity contribution is 6.30. The van der Waals surface area contributed by atoms with E-state index in [-0.39, 0.29) is 22.1 Å². The number of carboxylic acid groups (broad SMARTS) is 1. The van der Waals surface area contributed by atoms with Crippen LogP contribution >= 0.6 is 11.6 Å². The average Bonchev–Trinajstić information content (AvgIpc) is 2.27. The number of halogens is 2. The zero-order valence-corrected chi connectivity index (χ0v) is 9.78. The van der Waals surface area contributed by atoms with E-state index in [9.17, 15) is 9.18 Å². The maximum atomic E-state index is 13.2. The molecule has 6 heteroatoms. The SMILES string of the molecule is Nc1ccc(-c2cc(F)cc(Cl)c2)c(C(=O)O)n1. The smallest absolute Gasteiger partial charge is 0.355 e. The fraction of sp³-hybridized carbons (Fsp3) is 0. The molecule has 0 aliphatic carbocycles. The maximum Gasteiger partial charge on any atom is 0.355 e. The van der Waals surface area contributed by atoms with E-state index in [1.165, 1.54) is 24.3 Å². The molecule has 92 valence electrons. The fourth-order valence-corrected chi connectivity index (χ4v) is 1.80. The summed E-state index contributed by atoms with van der Waals surface area (Å²) in [5.74, 6) is -1.71. The Labute approximate surface area is 107 Å². The summed E-state index contributed by atoms with van der Waals surface area (Å²) >= 11 is 5.73. The highest BCUT2D eigenvalue weighted by atomic mass is 35.5. The predicted octanol–water partition coefficient (Wildman–Crippen LogP) is 2.82. The van der Waals surface area contributed by atoms with Crippen LogP contribution in [-0.2, 0) is 0 Å². The summed E-state index contributed by atoms with van der Waals surface area (Å²) in [5.41, 5.74) is 5.79. The van der Waals surface area contributed by atoms with Crippen LogP contribution in [-0.4, -0.2) is 16.1 Å². The molecule has 1 aromatic carbocycles. The lowest BCUT2D eigenvalue weighted by Crippen LogP contribution is -2.05. The quantitative estimate of drug-likeness (QED) is 0.876. The van der Waals surface area contributed by atoms with Crippen LogP contribution in [0.25, 0.3) is 11.1 Å². The lowest BCUT2D eigenvalue weighted by Gasteiger charge is -2.07. The Bertz CT molecular complexity index is 611. The first-order valence-corrected chi connectivity index (χ1v) is 5.31. The highest BCUT2D eigenvalue weighted by Gasteiger charge is 2.15. The first-order chi connectivity index (χ1) is 8.47. The molecule has 0 fully saturated rings. The van der Waals surface area contributed by atoms with Gasteiger partial charge in [0.15, 0.2) is 5.69 Å². The minimum Gasteiger partial charge on any atom is -0.476 e. The lowest BCUT2D eigenvalue weighted by atomic mass is 10.0. The number of carbonyl (C=O) groups is 1. The molecule has 0 bridgehead atoms. The van der Waals surface area contributed by atoms with Crippen molar-refractivity contribution in [1.29, 1.82) is 0 Å². The second-order valence-corrected chi connectivity index (χ2v) is 4.03. The number of benzene rings is 1. The van der Waals surface area contributed by atoms with Crippen molar-refractivity contribution in [2.75, 3.05) is 5.73 Å². The zero-order chi connectivity index (χ0) is 13.3. The third-order valence-electron chi connectivity index (χ3n) is 2.29. The number of rotatable bonds is 2. The Kier molecular flexibility index (Phi) is 3.16. The van der Waals surface area contributed by atoms with E-state index in [4.69, 9.17) is 22.4 Å². The Morgan fingerprint density at radius 2 is 2.06 bits per heavy atom. The van der Waals surface area contributed by atoms with Crippen molar-refractivity contribution < 1.29 is 14.3 Å². The first kappa shape index (κ1) is 12.3. The van der Waals surface area contributed by atoms with Crippen LogP contribution in [0.15, 0.2) is 30.3 Å². The molecular formula is C12H8ClFN2O2. The number of hydrogen-bond acceptors (Lipinski definition) is 3. The number of aromatic nitrogens is 1. The zero-order valence-electron chi connectivity index (χ0n) is 9.02. The van der Waals surface area contributed by atoms with E-state index in [1.807, 2.05) is 0 Å². The van der Waals surface area contributed by atoms with Crippen LogP contribution in [0, 0.1) is 5.82 Å². The lowest BCUT2D eigenvalue weighted by molar-refractivity contribution is 0.0691. The summed E-state index contributed by atoms with van der Waals surface area (Å²) in [6, 6.07) is 6.70. The minimum absolute atomic E-state index is 0.0821. The largest absolute Gasteiger partial charge is 0.476 e. The van der Waals surface area contributed by atoms with Gasteiger partial charge in [-0.15, -0.1) is 0 Å². The van der Waals surface area contributed by atoms with Gasteiger partial charge in [-0.05, 0) is 35.9 Å². The molecule has 18 heavy (non-hydrogen) atoms. The van der Waals surface area contributed by atoms with Gasteiger partial charge in [-0.2, -0.15) is 0 Å². The highest BCUT2D eigenvalue weighted by Crippen LogP contribution is 2.27. The van der Waals surface area contributed by atoms with E-state index in [0.29, 0.717) is 5.56 Å². The second kappa shape index (κ2) is 4.62. The molecule has 0 unspecified atom stereocenters. The van der Waals surface area contributed by atoms with Gasteiger partial charge in [-0.25, -0.2) is 14.2 Å². The molecule has 0 aliphatic rings. The van der Waals surface area contributed by atoms with E-state index in [1.54, 1.807) is 0 Å². The molecule has 0 amide bonds. The molecule has 0 saturated heterocycles. The van der Waals surface area contributed by atoms with Gasteiger partial charge in [0.05, 0.1) is 0 Å². The molecule has 1 heterocycles. The third-order valence-corrected chi connectivity index (χ3v) is 2.51. The van der Waals surface area contributed by atoms with Crippen LogP contribution in [0.1, 0.15) is 10.5 Å². The minimum atomic E-state index is -1.24. The van der Waals surface area contributed by atoms with Gasteiger partial charge in [-0.3, -0.25) is 0 Å². The van der Waals surface area contributed by atoms with Gasteiger partial charge in [0.2, 0.25) is 0 Å². The van der Waals surface area contributed by atoms with Gasteiger partial charge in [0, 0.05) is 10.6 Å². The van der Waals surface area contributed by atoms with E-state index < -0.39 is 11.8 Å². The topological polar surface area (TPSA) is 76.2 Å². The molecule has 1 aromatic heterocycles. The standard InChI is InChI=1S/C12H8ClFN2O2/c13-7-3-6(4-8(14)5-7)9-1-2-10(15)16-11(9)12(17)18/h1-5H,(H2,15,16)(H,17,18). The number of pyridine rings is 1. The molecule has 4 nitrogen and oxygen atoms in total. The van der Waals surface area contributed by atoms with Gasteiger partial charge >= 0.3 is 5.97 Å². The van der Waals surface area contributed by atoms with Crippen LogP contribution in [0.3, 0.4) is 0 Å². The molecule has 2 rings (SSSR count). The van der Waals surface area contributed by atoms with Gasteiger partial charge < -0.3 is 10.8 Å². The molecule has 0 aliphatic heterocycles. The number of nitrogen functional groups attached to an aromatic ring is 1. The van der Waals surface area contributed by atoms with E-state index in [0.717, 1.165) is 6.07 Å². The average molecular weight is 267 g/mol. The van der Waals surface area contributed by atoms with E-state index in [2.05, 4.69) is 4.98 Å². The van der Waals surface area contributed by atoms with Crippen molar-refractivity contribution in [3.63, 3.8) is 0 Å². The van der Waals surface area contributed by atoms with Crippen LogP contribution < -0.4 is 5.73 Å². The number of aromatic carboxylic acids is 1. The van der Waals surface area contributed by atoms with Crippen LogP contribution in [0.4, 0.5) is 10.2 Å². The van der Waals surface area contributed by atoms with E-state index >= 15 is 0 Å². The normalized spacial score (nSPS) is 10.3. The van der Waals surface area contributed by atoms with Crippen molar-refractivity contribution in [1.82, 2.24) is 4.98 Å². The summed E-state index contributed by atoms with van der Waals surface area (Å²) < 4.78 is 13.2. The van der Waals surface area contributed by atoms with Gasteiger partial charge in [0.1, 0.15) is 11.6 Å².